The van der Waals surface area contributed by atoms with Crippen LogP contribution in [0.4, 0.5) is 0 Å². The van der Waals surface area contributed by atoms with E-state index in [4.69, 9.17) is 4.74 Å². The topological polar surface area (TPSA) is 29.5 Å². The molecule has 98 valence electrons. The third-order valence-corrected chi connectivity index (χ3v) is 2.71. The van der Waals surface area contributed by atoms with E-state index < -0.39 is 6.10 Å². The molecular weight excluding hydrogens is 224 g/mol. The van der Waals surface area contributed by atoms with E-state index in [0.29, 0.717) is 13.0 Å². The van der Waals surface area contributed by atoms with Gasteiger partial charge in [0, 0.05) is 12.8 Å². The average molecular weight is 246 g/mol. The van der Waals surface area contributed by atoms with Gasteiger partial charge >= 0.3 is 0 Å². The van der Waals surface area contributed by atoms with Crippen molar-refractivity contribution in [1.82, 2.24) is 0 Å². The minimum Gasteiger partial charge on any atom is -0.389 e. The Morgan fingerprint density at radius 1 is 1.22 bits per heavy atom. The summed E-state index contributed by atoms with van der Waals surface area (Å²) in [5, 5.41) is 9.87. The van der Waals surface area contributed by atoms with Crippen LogP contribution in [-0.4, -0.2) is 17.3 Å². The Bertz CT molecular complexity index is 375. The predicted molar refractivity (Wildman–Crippen MR) is 74.0 cm³/mol. The summed E-state index contributed by atoms with van der Waals surface area (Å²) in [5.41, 5.74) is 1.12. The quantitative estimate of drug-likeness (QED) is 0.781. The predicted octanol–water partition coefficient (Wildman–Crippen LogP) is 3.15. The van der Waals surface area contributed by atoms with Gasteiger partial charge < -0.3 is 9.84 Å². The molecule has 1 rings (SSSR count). The van der Waals surface area contributed by atoms with Gasteiger partial charge in [-0.1, -0.05) is 37.3 Å². The van der Waals surface area contributed by atoms with Crippen molar-refractivity contribution in [1.29, 1.82) is 0 Å². The van der Waals surface area contributed by atoms with Gasteiger partial charge in [-0.15, -0.1) is 11.8 Å². The first kappa shape index (κ1) is 14.8. The van der Waals surface area contributed by atoms with Crippen LogP contribution in [0.5, 0.6) is 0 Å². The molecule has 0 radical (unpaired) electrons. The second-order valence-electron chi connectivity index (χ2n) is 4.38. The second-order valence-corrected chi connectivity index (χ2v) is 4.38. The average Bonchev–Trinajstić information content (AvgIpc) is 2.42. The summed E-state index contributed by atoms with van der Waals surface area (Å²) < 4.78 is 5.63. The maximum Gasteiger partial charge on any atom is 0.0908 e. The summed E-state index contributed by atoms with van der Waals surface area (Å²) >= 11 is 0. The first-order valence-corrected chi connectivity index (χ1v) is 6.53. The van der Waals surface area contributed by atoms with Crippen LogP contribution in [0.1, 0.15) is 38.7 Å². The lowest BCUT2D eigenvalue weighted by Crippen LogP contribution is -2.25. The van der Waals surface area contributed by atoms with Gasteiger partial charge in [-0.2, -0.15) is 0 Å². The van der Waals surface area contributed by atoms with E-state index in [1.54, 1.807) is 0 Å². The number of aliphatic hydroxyl groups excluding tert-OH is 1. The summed E-state index contributed by atoms with van der Waals surface area (Å²) in [4.78, 5) is 0. The van der Waals surface area contributed by atoms with Gasteiger partial charge in [0.05, 0.1) is 18.8 Å². The molecule has 0 heterocycles. The van der Waals surface area contributed by atoms with Gasteiger partial charge in [-0.05, 0) is 18.9 Å². The molecule has 18 heavy (non-hydrogen) atoms. The molecule has 0 spiro atoms. The number of hydrogen-bond donors (Lipinski definition) is 1. The van der Waals surface area contributed by atoms with E-state index in [9.17, 15) is 5.11 Å². The lowest BCUT2D eigenvalue weighted by Gasteiger charge is -2.17. The Balaban J connectivity index is 2.28. The highest BCUT2D eigenvalue weighted by molar-refractivity contribution is 5.13. The number of ether oxygens (including phenoxy) is 1. The normalized spacial score (nSPS) is 13.5. The maximum atomic E-state index is 9.87. The largest absolute Gasteiger partial charge is 0.389 e. The number of aliphatic hydroxyl groups is 1. The van der Waals surface area contributed by atoms with Gasteiger partial charge in [0.15, 0.2) is 0 Å². The van der Waals surface area contributed by atoms with Gasteiger partial charge in [0.1, 0.15) is 0 Å². The highest BCUT2D eigenvalue weighted by Gasteiger charge is 2.13. The number of benzene rings is 1. The Kier molecular flexibility index (Phi) is 7.17. The molecule has 0 aliphatic heterocycles. The van der Waals surface area contributed by atoms with Gasteiger partial charge in [0.25, 0.3) is 0 Å². The third kappa shape index (κ3) is 5.86. The molecule has 0 bridgehead atoms. The fraction of sp³-hybridized carbons (Fsp3) is 0.500. The Morgan fingerprint density at radius 2 is 1.94 bits per heavy atom. The smallest absolute Gasteiger partial charge is 0.0908 e. The van der Waals surface area contributed by atoms with Crippen LogP contribution in [0.15, 0.2) is 30.3 Å². The van der Waals surface area contributed by atoms with Crippen molar-refractivity contribution in [2.75, 3.05) is 0 Å². The van der Waals surface area contributed by atoms with Crippen LogP contribution >= 0.6 is 0 Å². The van der Waals surface area contributed by atoms with Crippen molar-refractivity contribution >= 4 is 0 Å². The van der Waals surface area contributed by atoms with Crippen molar-refractivity contribution in [3.05, 3.63) is 35.9 Å². The van der Waals surface area contributed by atoms with Crippen molar-refractivity contribution in [2.45, 2.75) is 51.9 Å². The molecule has 2 heteroatoms. The first-order chi connectivity index (χ1) is 8.74. The molecule has 0 fully saturated rings. The molecule has 1 aromatic rings. The summed E-state index contributed by atoms with van der Waals surface area (Å²) in [7, 11) is 0. The highest BCUT2D eigenvalue weighted by atomic mass is 16.5. The molecule has 2 atom stereocenters. The van der Waals surface area contributed by atoms with E-state index in [0.717, 1.165) is 18.4 Å². The molecule has 0 unspecified atom stereocenters. The highest BCUT2D eigenvalue weighted by Crippen LogP contribution is 2.07. The van der Waals surface area contributed by atoms with Crippen LogP contribution in [0.25, 0.3) is 0 Å². The summed E-state index contributed by atoms with van der Waals surface area (Å²) in [6.07, 6.45) is 1.73. The lowest BCUT2D eigenvalue weighted by atomic mass is 10.1. The van der Waals surface area contributed by atoms with Crippen molar-refractivity contribution in [3.8, 4) is 11.8 Å². The molecule has 0 aliphatic rings. The Morgan fingerprint density at radius 3 is 2.61 bits per heavy atom. The number of unbranched alkanes of at least 4 members (excludes halogenated alkanes) is 1. The molecular formula is C16H22O2. The standard InChI is InChI=1S/C16H22O2/c1-3-4-5-9-12-16(17)14(2)18-13-15-10-7-6-8-11-15/h6-8,10-11,14,16-17H,3-4,12-13H2,1-2H3/t14-,16-/m0/s1. The van der Waals surface area contributed by atoms with E-state index in [-0.39, 0.29) is 6.10 Å². The third-order valence-electron chi connectivity index (χ3n) is 2.71. The van der Waals surface area contributed by atoms with Crippen LogP contribution in [0, 0.1) is 11.8 Å². The monoisotopic (exact) mass is 246 g/mol. The zero-order valence-corrected chi connectivity index (χ0v) is 11.2. The fourth-order valence-corrected chi connectivity index (χ4v) is 1.47. The van der Waals surface area contributed by atoms with Crippen LogP contribution in [0.2, 0.25) is 0 Å². The van der Waals surface area contributed by atoms with Crippen LogP contribution in [-0.2, 0) is 11.3 Å². The zero-order valence-electron chi connectivity index (χ0n) is 11.2. The Hall–Kier alpha value is -1.30. The molecule has 1 N–H and O–H groups in total. The van der Waals surface area contributed by atoms with Crippen LogP contribution < -0.4 is 0 Å². The first-order valence-electron chi connectivity index (χ1n) is 6.53. The maximum absolute atomic E-state index is 9.87. The van der Waals surface area contributed by atoms with Crippen molar-refractivity contribution in [2.24, 2.45) is 0 Å². The zero-order chi connectivity index (χ0) is 13.2. The fourth-order valence-electron chi connectivity index (χ4n) is 1.47. The molecule has 0 amide bonds. The van der Waals surface area contributed by atoms with E-state index in [2.05, 4.69) is 18.8 Å². The Labute approximate surface area is 110 Å². The number of rotatable bonds is 6. The van der Waals surface area contributed by atoms with Gasteiger partial charge in [-0.25, -0.2) is 0 Å². The molecule has 0 saturated carbocycles. The minimum atomic E-state index is -0.516. The molecule has 0 aromatic heterocycles. The van der Waals surface area contributed by atoms with E-state index in [1.165, 1.54) is 0 Å². The van der Waals surface area contributed by atoms with Crippen LogP contribution in [0.3, 0.4) is 0 Å². The molecule has 2 nitrogen and oxygen atoms in total. The SMILES string of the molecule is CCCC#CC[C@H](O)[C@H](C)OCc1ccccc1. The van der Waals surface area contributed by atoms with E-state index >= 15 is 0 Å². The summed E-state index contributed by atoms with van der Waals surface area (Å²) in [5.74, 6) is 6.01. The van der Waals surface area contributed by atoms with E-state index in [1.807, 2.05) is 37.3 Å². The second kappa shape index (κ2) is 8.74. The lowest BCUT2D eigenvalue weighted by molar-refractivity contribution is -0.0325. The number of hydrogen-bond acceptors (Lipinski definition) is 2. The van der Waals surface area contributed by atoms with Crippen molar-refractivity contribution < 1.29 is 9.84 Å². The van der Waals surface area contributed by atoms with Gasteiger partial charge in [-0.3, -0.25) is 0 Å². The molecule has 0 saturated heterocycles. The minimum absolute atomic E-state index is 0.193. The van der Waals surface area contributed by atoms with Crippen molar-refractivity contribution in [3.63, 3.8) is 0 Å². The summed E-state index contributed by atoms with van der Waals surface area (Å²) in [6.45, 7) is 4.51. The molecule has 1 aromatic carbocycles. The van der Waals surface area contributed by atoms with Gasteiger partial charge in [0.2, 0.25) is 0 Å². The summed E-state index contributed by atoms with van der Waals surface area (Å²) in [6, 6.07) is 9.97. The molecule has 0 aliphatic carbocycles.